The minimum Gasteiger partial charge on any atom is -0.399 e. The minimum absolute atomic E-state index is 0.225. The Morgan fingerprint density at radius 1 is 1.35 bits per heavy atom. The predicted octanol–water partition coefficient (Wildman–Crippen LogP) is 1.25. The van der Waals surface area contributed by atoms with E-state index in [1.165, 1.54) is 4.68 Å². The summed E-state index contributed by atoms with van der Waals surface area (Å²) in [6.45, 7) is 5.69. The molecule has 0 bridgehead atoms. The zero-order chi connectivity index (χ0) is 16.4. The average molecular weight is 334 g/mol. The van der Waals surface area contributed by atoms with Gasteiger partial charge in [-0.1, -0.05) is 23.7 Å². The highest BCUT2D eigenvalue weighted by Gasteiger charge is 2.17. The summed E-state index contributed by atoms with van der Waals surface area (Å²) < 4.78 is 1.38. The fraction of sp³-hybridized carbons (Fsp3) is 0.375. The van der Waals surface area contributed by atoms with Gasteiger partial charge in [0.2, 0.25) is 0 Å². The Morgan fingerprint density at radius 2 is 2.09 bits per heavy atom. The molecule has 0 amide bonds. The zero-order valence-corrected chi connectivity index (χ0v) is 13.8. The van der Waals surface area contributed by atoms with Gasteiger partial charge in [0.1, 0.15) is 5.02 Å². The first kappa shape index (κ1) is 15.8. The summed E-state index contributed by atoms with van der Waals surface area (Å²) in [7, 11) is 0. The number of nitrogens with one attached hydrogen (secondary N) is 1. The van der Waals surface area contributed by atoms with Crippen molar-refractivity contribution < 1.29 is 0 Å². The van der Waals surface area contributed by atoms with Crippen molar-refractivity contribution in [1.29, 1.82) is 0 Å². The fourth-order valence-corrected chi connectivity index (χ4v) is 3.00. The zero-order valence-electron chi connectivity index (χ0n) is 13.1. The van der Waals surface area contributed by atoms with Crippen LogP contribution in [0.5, 0.6) is 0 Å². The van der Waals surface area contributed by atoms with Gasteiger partial charge >= 0.3 is 0 Å². The Hall–Kier alpha value is -2.05. The third-order valence-corrected chi connectivity index (χ3v) is 4.59. The van der Waals surface area contributed by atoms with Gasteiger partial charge in [0.25, 0.3) is 5.56 Å². The first-order chi connectivity index (χ1) is 11.1. The number of piperazine rings is 1. The first-order valence-corrected chi connectivity index (χ1v) is 8.01. The molecule has 3 rings (SSSR count). The maximum Gasteiger partial charge on any atom is 0.287 e. The van der Waals surface area contributed by atoms with E-state index in [0.717, 1.165) is 37.3 Å². The summed E-state index contributed by atoms with van der Waals surface area (Å²) in [6.07, 6.45) is 1.68. The second-order valence-electron chi connectivity index (χ2n) is 5.68. The molecule has 0 saturated carbocycles. The van der Waals surface area contributed by atoms with Gasteiger partial charge in [-0.15, -0.1) is 0 Å². The molecule has 3 N–H and O–H groups in total. The van der Waals surface area contributed by atoms with Crippen molar-refractivity contribution in [3.05, 3.63) is 50.9 Å². The summed E-state index contributed by atoms with van der Waals surface area (Å²) in [5, 5.41) is 7.80. The number of aromatic nitrogens is 2. The molecule has 23 heavy (non-hydrogen) atoms. The minimum atomic E-state index is -0.274. The van der Waals surface area contributed by atoms with Crippen molar-refractivity contribution in [3.8, 4) is 0 Å². The van der Waals surface area contributed by atoms with Crippen molar-refractivity contribution in [2.45, 2.75) is 13.5 Å². The lowest BCUT2D eigenvalue weighted by atomic mass is 10.1. The number of halogens is 1. The molecule has 1 aliphatic rings. The van der Waals surface area contributed by atoms with E-state index in [9.17, 15) is 4.79 Å². The number of anilines is 2. The summed E-state index contributed by atoms with van der Waals surface area (Å²) >= 11 is 6.31. The van der Waals surface area contributed by atoms with E-state index in [0.29, 0.717) is 17.9 Å². The molecular formula is C16H20ClN5O. The Morgan fingerprint density at radius 3 is 2.83 bits per heavy atom. The van der Waals surface area contributed by atoms with E-state index in [4.69, 9.17) is 17.3 Å². The SMILES string of the molecule is Cc1c(N)cccc1Cn1ncc(N2CCNCC2)c(Cl)c1=O. The van der Waals surface area contributed by atoms with Gasteiger partial charge in [-0.25, -0.2) is 4.68 Å². The highest BCUT2D eigenvalue weighted by molar-refractivity contribution is 6.33. The molecule has 0 radical (unpaired) electrons. The van der Waals surface area contributed by atoms with Crippen molar-refractivity contribution >= 4 is 23.0 Å². The van der Waals surface area contributed by atoms with Crippen LogP contribution in [0, 0.1) is 6.92 Å². The van der Waals surface area contributed by atoms with Crippen LogP contribution in [0.25, 0.3) is 0 Å². The van der Waals surface area contributed by atoms with E-state index in [1.807, 2.05) is 25.1 Å². The van der Waals surface area contributed by atoms with Crippen molar-refractivity contribution in [1.82, 2.24) is 15.1 Å². The molecule has 0 spiro atoms. The van der Waals surface area contributed by atoms with Crippen LogP contribution < -0.4 is 21.5 Å². The smallest absolute Gasteiger partial charge is 0.287 e. The molecule has 122 valence electrons. The summed E-state index contributed by atoms with van der Waals surface area (Å²) in [5.74, 6) is 0. The number of hydrogen-bond donors (Lipinski definition) is 2. The molecule has 0 aliphatic carbocycles. The van der Waals surface area contributed by atoms with Gasteiger partial charge in [-0.2, -0.15) is 5.10 Å². The lowest BCUT2D eigenvalue weighted by Gasteiger charge is -2.29. The summed E-state index contributed by atoms with van der Waals surface area (Å²) in [6, 6.07) is 5.66. The normalized spacial score (nSPS) is 15.0. The molecular weight excluding hydrogens is 314 g/mol. The maximum atomic E-state index is 12.5. The quantitative estimate of drug-likeness (QED) is 0.827. The number of nitrogens with zero attached hydrogens (tertiary/aromatic N) is 3. The third-order valence-electron chi connectivity index (χ3n) is 4.23. The van der Waals surface area contributed by atoms with Gasteiger partial charge in [0, 0.05) is 31.9 Å². The largest absolute Gasteiger partial charge is 0.399 e. The lowest BCUT2D eigenvalue weighted by molar-refractivity contribution is 0.582. The fourth-order valence-electron chi connectivity index (χ4n) is 2.73. The van der Waals surface area contributed by atoms with Crippen LogP contribution in [0.4, 0.5) is 11.4 Å². The predicted molar refractivity (Wildman–Crippen MR) is 93.3 cm³/mol. The molecule has 0 unspecified atom stereocenters. The monoisotopic (exact) mass is 333 g/mol. The standard InChI is InChI=1S/C16H20ClN5O/c1-11-12(3-2-4-13(11)18)10-22-16(23)15(17)14(9-20-22)21-7-5-19-6-8-21/h2-4,9,19H,5-8,10,18H2,1H3. The van der Waals surface area contributed by atoms with Crippen molar-refractivity contribution in [2.75, 3.05) is 36.8 Å². The van der Waals surface area contributed by atoms with E-state index in [2.05, 4.69) is 15.3 Å². The van der Waals surface area contributed by atoms with Crippen LogP contribution in [0.15, 0.2) is 29.2 Å². The molecule has 2 heterocycles. The number of rotatable bonds is 3. The van der Waals surface area contributed by atoms with E-state index < -0.39 is 0 Å². The van der Waals surface area contributed by atoms with Crippen LogP contribution in [-0.4, -0.2) is 36.0 Å². The average Bonchev–Trinajstić information content (AvgIpc) is 2.57. The Labute approximate surface area is 139 Å². The van der Waals surface area contributed by atoms with Crippen molar-refractivity contribution in [2.24, 2.45) is 0 Å². The highest BCUT2D eigenvalue weighted by atomic mass is 35.5. The van der Waals surface area contributed by atoms with Gasteiger partial charge in [0.05, 0.1) is 18.4 Å². The lowest BCUT2D eigenvalue weighted by Crippen LogP contribution is -2.44. The van der Waals surface area contributed by atoms with Crippen LogP contribution in [0.3, 0.4) is 0 Å². The molecule has 1 aromatic heterocycles. The van der Waals surface area contributed by atoms with Crippen LogP contribution in [0.1, 0.15) is 11.1 Å². The molecule has 1 saturated heterocycles. The van der Waals surface area contributed by atoms with E-state index in [-0.39, 0.29) is 10.6 Å². The van der Waals surface area contributed by atoms with E-state index in [1.54, 1.807) is 6.20 Å². The first-order valence-electron chi connectivity index (χ1n) is 7.63. The van der Waals surface area contributed by atoms with Gasteiger partial charge in [-0.3, -0.25) is 4.79 Å². The maximum absolute atomic E-state index is 12.5. The molecule has 1 fully saturated rings. The Bertz CT molecular complexity index is 768. The number of benzene rings is 1. The Balaban J connectivity index is 1.91. The van der Waals surface area contributed by atoms with Crippen molar-refractivity contribution in [3.63, 3.8) is 0 Å². The second kappa shape index (κ2) is 6.60. The highest BCUT2D eigenvalue weighted by Crippen LogP contribution is 2.22. The third kappa shape index (κ3) is 3.18. The topological polar surface area (TPSA) is 76.2 Å². The van der Waals surface area contributed by atoms with Gasteiger partial charge in [-0.05, 0) is 24.1 Å². The molecule has 6 nitrogen and oxygen atoms in total. The molecule has 7 heteroatoms. The second-order valence-corrected chi connectivity index (χ2v) is 6.05. The van der Waals surface area contributed by atoms with Crippen LogP contribution >= 0.6 is 11.6 Å². The van der Waals surface area contributed by atoms with Gasteiger partial charge < -0.3 is 16.0 Å². The van der Waals surface area contributed by atoms with Crippen LogP contribution in [-0.2, 0) is 6.54 Å². The van der Waals surface area contributed by atoms with E-state index >= 15 is 0 Å². The molecule has 2 aromatic rings. The summed E-state index contributed by atoms with van der Waals surface area (Å²) in [4.78, 5) is 14.6. The number of hydrogen-bond acceptors (Lipinski definition) is 5. The van der Waals surface area contributed by atoms with Crippen LogP contribution in [0.2, 0.25) is 5.02 Å². The Kier molecular flexibility index (Phi) is 4.54. The number of nitrogen functional groups attached to an aromatic ring is 1. The number of nitrogens with two attached hydrogens (primary N) is 1. The summed E-state index contributed by atoms with van der Waals surface area (Å²) in [5.41, 5.74) is 8.98. The molecule has 1 aromatic carbocycles. The molecule has 0 atom stereocenters. The van der Waals surface area contributed by atoms with Gasteiger partial charge in [0.15, 0.2) is 0 Å². The molecule has 1 aliphatic heterocycles.